The first-order chi connectivity index (χ1) is 11.6. The van der Waals surface area contributed by atoms with E-state index in [0.29, 0.717) is 24.6 Å². The normalized spacial score (nSPS) is 11.5. The fraction of sp³-hybridized carbons (Fsp3) is 0.286. The van der Waals surface area contributed by atoms with Crippen LogP contribution in [0.5, 0.6) is 0 Å². The Balaban J connectivity index is 1.63. The summed E-state index contributed by atoms with van der Waals surface area (Å²) in [5.41, 5.74) is 0. The van der Waals surface area contributed by atoms with Crippen molar-refractivity contribution in [1.29, 1.82) is 0 Å². The molecule has 126 valence electrons. The molecular weight excluding hydrogens is 320 g/mol. The van der Waals surface area contributed by atoms with Gasteiger partial charge in [-0.25, -0.2) is 0 Å². The number of hydrogen-bond donors (Lipinski definition) is 0. The third-order valence-corrected chi connectivity index (χ3v) is 2.85. The van der Waals surface area contributed by atoms with Gasteiger partial charge in [0.15, 0.2) is 11.5 Å². The summed E-state index contributed by atoms with van der Waals surface area (Å²) in [6, 6.07) is 5.51. The Hall–Kier alpha value is -3.30. The van der Waals surface area contributed by atoms with E-state index in [-0.39, 0.29) is 11.8 Å². The van der Waals surface area contributed by atoms with E-state index in [0.717, 1.165) is 12.8 Å². The van der Waals surface area contributed by atoms with Crippen molar-refractivity contribution in [2.75, 3.05) is 13.1 Å². The predicted octanol–water partition coefficient (Wildman–Crippen LogP) is 3.01. The van der Waals surface area contributed by atoms with Crippen LogP contribution in [0.25, 0.3) is 0 Å². The molecule has 0 aliphatic carbocycles. The maximum Gasteiger partial charge on any atom is 0.433 e. The van der Waals surface area contributed by atoms with Crippen molar-refractivity contribution in [3.05, 3.63) is 56.0 Å². The molecule has 0 saturated heterocycles. The summed E-state index contributed by atoms with van der Waals surface area (Å²) >= 11 is 0. The highest BCUT2D eigenvalue weighted by Crippen LogP contribution is 2.14. The molecule has 0 spiro atoms. The second-order valence-corrected chi connectivity index (χ2v) is 4.64. The van der Waals surface area contributed by atoms with Gasteiger partial charge < -0.3 is 8.83 Å². The lowest BCUT2D eigenvalue weighted by molar-refractivity contribution is -0.402. The summed E-state index contributed by atoms with van der Waals surface area (Å²) < 4.78 is 9.86. The van der Waals surface area contributed by atoms with Crippen LogP contribution < -0.4 is 0 Å². The second-order valence-electron chi connectivity index (χ2n) is 4.64. The van der Waals surface area contributed by atoms with E-state index < -0.39 is 9.85 Å². The van der Waals surface area contributed by atoms with Gasteiger partial charge in [-0.3, -0.25) is 30.2 Å². The van der Waals surface area contributed by atoms with Crippen molar-refractivity contribution in [3.8, 4) is 0 Å². The van der Waals surface area contributed by atoms with Crippen LogP contribution in [0.4, 0.5) is 11.8 Å². The maximum absolute atomic E-state index is 10.4. The zero-order chi connectivity index (χ0) is 17.4. The van der Waals surface area contributed by atoms with Crippen molar-refractivity contribution < 1.29 is 18.7 Å². The number of rotatable bonds is 9. The second kappa shape index (κ2) is 8.36. The number of unbranched alkanes of at least 4 members (excludes halogenated alkanes) is 1. The molecule has 2 heterocycles. The molecule has 0 fully saturated rings. The Labute approximate surface area is 135 Å². The molecule has 2 aromatic rings. The molecule has 0 saturated carbocycles. The zero-order valence-electron chi connectivity index (χ0n) is 12.5. The van der Waals surface area contributed by atoms with Crippen LogP contribution in [-0.4, -0.2) is 35.4 Å². The van der Waals surface area contributed by atoms with Gasteiger partial charge >= 0.3 is 11.8 Å². The van der Waals surface area contributed by atoms with E-state index in [2.05, 4.69) is 9.98 Å². The Morgan fingerprint density at radius 1 is 0.833 bits per heavy atom. The third-order valence-electron chi connectivity index (χ3n) is 2.85. The predicted molar refractivity (Wildman–Crippen MR) is 84.9 cm³/mol. The highest BCUT2D eigenvalue weighted by molar-refractivity contribution is 5.76. The van der Waals surface area contributed by atoms with Gasteiger partial charge in [-0.15, -0.1) is 0 Å². The summed E-state index contributed by atoms with van der Waals surface area (Å²) in [6.07, 6.45) is 4.43. The third kappa shape index (κ3) is 5.16. The van der Waals surface area contributed by atoms with Crippen LogP contribution in [0.2, 0.25) is 0 Å². The average molecular weight is 334 g/mol. The molecule has 0 N–H and O–H groups in total. The number of nitrogens with zero attached hydrogens (tertiary/aromatic N) is 4. The van der Waals surface area contributed by atoms with Crippen LogP contribution in [0, 0.1) is 20.2 Å². The molecule has 0 bridgehead atoms. The molecule has 0 unspecified atom stereocenters. The fourth-order valence-electron chi connectivity index (χ4n) is 1.73. The highest BCUT2D eigenvalue weighted by Gasteiger charge is 2.10. The molecule has 10 nitrogen and oxygen atoms in total. The summed E-state index contributed by atoms with van der Waals surface area (Å²) in [5.74, 6) is 0.0335. The lowest BCUT2D eigenvalue weighted by Crippen LogP contribution is -1.88. The summed E-state index contributed by atoms with van der Waals surface area (Å²) in [5, 5.41) is 20.9. The Kier molecular flexibility index (Phi) is 5.95. The van der Waals surface area contributed by atoms with Crippen LogP contribution in [0.15, 0.2) is 43.1 Å². The van der Waals surface area contributed by atoms with E-state index in [1.807, 2.05) is 0 Å². The van der Waals surface area contributed by atoms with Gasteiger partial charge in [0.1, 0.15) is 9.85 Å². The average Bonchev–Trinajstić information content (AvgIpc) is 3.19. The number of furan rings is 2. The molecule has 2 aromatic heterocycles. The van der Waals surface area contributed by atoms with E-state index in [4.69, 9.17) is 8.83 Å². The molecule has 0 radical (unpaired) electrons. The SMILES string of the molecule is O=[N+]([O-])c1ccc(C=NCCCCN=Cc2ccc([N+](=O)[O-])o2)o1. The Morgan fingerprint density at radius 3 is 1.58 bits per heavy atom. The summed E-state index contributed by atoms with van der Waals surface area (Å²) in [6.45, 7) is 1.08. The molecule has 0 aliphatic heterocycles. The molecule has 10 heteroatoms. The van der Waals surface area contributed by atoms with E-state index in [1.54, 1.807) is 0 Å². The first-order valence-electron chi connectivity index (χ1n) is 7.04. The summed E-state index contributed by atoms with van der Waals surface area (Å²) in [7, 11) is 0. The van der Waals surface area contributed by atoms with Crippen molar-refractivity contribution in [1.82, 2.24) is 0 Å². The van der Waals surface area contributed by atoms with Gasteiger partial charge in [-0.2, -0.15) is 0 Å². The molecule has 0 amide bonds. The fourth-order valence-corrected chi connectivity index (χ4v) is 1.73. The number of nitro groups is 2. The minimum atomic E-state index is -0.608. The minimum Gasteiger partial charge on any atom is -0.400 e. The van der Waals surface area contributed by atoms with Gasteiger partial charge in [-0.1, -0.05) is 0 Å². The van der Waals surface area contributed by atoms with E-state index >= 15 is 0 Å². The molecular formula is C14H14N4O6. The van der Waals surface area contributed by atoms with Crippen molar-refractivity contribution in [2.45, 2.75) is 12.8 Å². The highest BCUT2D eigenvalue weighted by atomic mass is 16.7. The van der Waals surface area contributed by atoms with Crippen molar-refractivity contribution >= 4 is 24.2 Å². The monoisotopic (exact) mass is 334 g/mol. The lowest BCUT2D eigenvalue weighted by Gasteiger charge is -1.93. The first kappa shape index (κ1) is 17.1. The van der Waals surface area contributed by atoms with Crippen LogP contribution in [-0.2, 0) is 0 Å². The minimum absolute atomic E-state index is 0.316. The molecule has 24 heavy (non-hydrogen) atoms. The molecule has 0 atom stereocenters. The van der Waals surface area contributed by atoms with Gasteiger partial charge in [0.2, 0.25) is 0 Å². The molecule has 0 aromatic carbocycles. The Bertz CT molecular complexity index is 697. The van der Waals surface area contributed by atoms with Crippen molar-refractivity contribution in [2.24, 2.45) is 9.98 Å². The standard InChI is InChI=1S/C14H14N4O6/c19-17(20)13-5-3-11(23-13)9-15-7-1-2-8-16-10-12-4-6-14(24-12)18(21)22/h3-6,9-10H,1-2,7-8H2. The van der Waals surface area contributed by atoms with E-state index in [1.165, 1.54) is 36.7 Å². The quantitative estimate of drug-likeness (QED) is 0.299. The van der Waals surface area contributed by atoms with Gasteiger partial charge in [-0.05, 0) is 25.0 Å². The maximum atomic E-state index is 10.4. The topological polar surface area (TPSA) is 137 Å². The van der Waals surface area contributed by atoms with Crippen molar-refractivity contribution in [3.63, 3.8) is 0 Å². The molecule has 0 aliphatic rings. The van der Waals surface area contributed by atoms with E-state index in [9.17, 15) is 20.2 Å². The Morgan fingerprint density at radius 2 is 1.25 bits per heavy atom. The van der Waals surface area contributed by atoms with Gasteiger partial charge in [0.25, 0.3) is 0 Å². The summed E-state index contributed by atoms with van der Waals surface area (Å²) in [4.78, 5) is 27.9. The number of hydrogen-bond acceptors (Lipinski definition) is 8. The first-order valence-corrected chi connectivity index (χ1v) is 7.04. The van der Waals surface area contributed by atoms with Gasteiger partial charge in [0, 0.05) is 13.1 Å². The van der Waals surface area contributed by atoms with Crippen LogP contribution >= 0.6 is 0 Å². The largest absolute Gasteiger partial charge is 0.433 e. The molecule has 2 rings (SSSR count). The lowest BCUT2D eigenvalue weighted by atomic mass is 10.3. The zero-order valence-corrected chi connectivity index (χ0v) is 12.5. The van der Waals surface area contributed by atoms with Crippen LogP contribution in [0.1, 0.15) is 24.4 Å². The van der Waals surface area contributed by atoms with Crippen LogP contribution in [0.3, 0.4) is 0 Å². The smallest absolute Gasteiger partial charge is 0.400 e. The van der Waals surface area contributed by atoms with Gasteiger partial charge in [0.05, 0.1) is 24.6 Å². The number of aliphatic imine (C=N–C) groups is 2.